The first kappa shape index (κ1) is 21.9. The zero-order valence-electron chi connectivity index (χ0n) is 17.8. The van der Waals surface area contributed by atoms with E-state index in [4.69, 9.17) is 4.74 Å². The number of nitrogens with one attached hydrogen (secondary N) is 2. The number of anilines is 1. The van der Waals surface area contributed by atoms with Gasteiger partial charge in [-0.15, -0.1) is 0 Å². The van der Waals surface area contributed by atoms with Crippen LogP contribution in [0.2, 0.25) is 0 Å². The van der Waals surface area contributed by atoms with Gasteiger partial charge in [0.25, 0.3) is 5.91 Å². The van der Waals surface area contributed by atoms with E-state index in [1.807, 2.05) is 6.92 Å². The van der Waals surface area contributed by atoms with Crippen LogP contribution < -0.4 is 10.6 Å². The lowest BCUT2D eigenvalue weighted by Gasteiger charge is -2.29. The number of rotatable bonds is 6. The van der Waals surface area contributed by atoms with Crippen LogP contribution in [0.4, 0.5) is 5.69 Å². The Morgan fingerprint density at radius 2 is 1.91 bits per heavy atom. The Hall–Kier alpha value is -3.33. The Morgan fingerprint density at radius 3 is 2.59 bits per heavy atom. The summed E-state index contributed by atoms with van der Waals surface area (Å²) in [4.78, 5) is 63.0. The molecule has 0 radical (unpaired) electrons. The fraction of sp³-hybridized carbons (Fsp3) is 0.435. The number of hydrogen-bond donors (Lipinski definition) is 2. The molecule has 32 heavy (non-hydrogen) atoms. The minimum absolute atomic E-state index is 0.104. The number of benzene rings is 1. The molecular weight excluding hydrogens is 414 g/mol. The molecule has 9 heteroatoms. The van der Waals surface area contributed by atoms with Crippen LogP contribution in [-0.2, 0) is 30.5 Å². The number of hydrogen-bond acceptors (Lipinski definition) is 7. The van der Waals surface area contributed by atoms with Crippen molar-refractivity contribution >= 4 is 35.0 Å². The van der Waals surface area contributed by atoms with Crippen molar-refractivity contribution in [2.75, 3.05) is 18.5 Å². The van der Waals surface area contributed by atoms with Gasteiger partial charge in [-0.1, -0.05) is 6.07 Å². The van der Waals surface area contributed by atoms with E-state index in [0.29, 0.717) is 30.0 Å². The highest BCUT2D eigenvalue weighted by atomic mass is 16.5. The van der Waals surface area contributed by atoms with Crippen molar-refractivity contribution in [3.05, 3.63) is 41.1 Å². The van der Waals surface area contributed by atoms with Crippen molar-refractivity contribution in [3.63, 3.8) is 0 Å². The molecule has 1 atom stereocenters. The van der Waals surface area contributed by atoms with Crippen LogP contribution in [0.25, 0.3) is 0 Å². The number of Topliss-reactive ketones (excluding diaryl/α,β-unsaturated/α-hetero) is 2. The predicted molar refractivity (Wildman–Crippen MR) is 113 cm³/mol. The van der Waals surface area contributed by atoms with Crippen LogP contribution in [-0.4, -0.2) is 53.4 Å². The number of piperidine rings is 1. The van der Waals surface area contributed by atoms with Gasteiger partial charge in [0.15, 0.2) is 11.6 Å². The third-order valence-electron chi connectivity index (χ3n) is 6.06. The van der Waals surface area contributed by atoms with Gasteiger partial charge in [-0.05, 0) is 31.4 Å². The molecule has 3 aliphatic rings. The van der Waals surface area contributed by atoms with E-state index in [2.05, 4.69) is 10.6 Å². The molecule has 168 valence electrons. The quantitative estimate of drug-likeness (QED) is 0.390. The Labute approximate surface area is 185 Å². The topological polar surface area (TPSA) is 122 Å². The third-order valence-corrected chi connectivity index (χ3v) is 6.06. The molecule has 2 fully saturated rings. The molecule has 2 N–H and O–H groups in total. The monoisotopic (exact) mass is 439 g/mol. The van der Waals surface area contributed by atoms with E-state index in [1.54, 1.807) is 18.2 Å². The summed E-state index contributed by atoms with van der Waals surface area (Å²) >= 11 is 0. The summed E-state index contributed by atoms with van der Waals surface area (Å²) in [6.45, 7) is 2.99. The highest BCUT2D eigenvalue weighted by Crippen LogP contribution is 2.32. The van der Waals surface area contributed by atoms with E-state index in [9.17, 15) is 24.0 Å². The normalized spacial score (nSPS) is 23.3. The number of ketones is 2. The van der Waals surface area contributed by atoms with E-state index >= 15 is 0 Å². The standard InChI is InChI=1S/C23H25N3O6/c1-2-32-12-13-8-19(27)15(20(28)9-13)10-24-17-5-3-4-14-16(17)11-26(23(14)31)18-6-7-21(29)25-22(18)30/h3-5,10,13,18,24H,2,6-9,11-12H2,1H3,(H,25,29,30). The minimum Gasteiger partial charge on any atom is -0.381 e. The van der Waals surface area contributed by atoms with Crippen LogP contribution >= 0.6 is 0 Å². The number of ether oxygens (including phenoxy) is 1. The maximum atomic E-state index is 12.9. The van der Waals surface area contributed by atoms with Gasteiger partial charge in [-0.2, -0.15) is 0 Å². The second-order valence-corrected chi connectivity index (χ2v) is 8.21. The first-order valence-electron chi connectivity index (χ1n) is 10.8. The summed E-state index contributed by atoms with van der Waals surface area (Å²) in [6, 6.07) is 4.43. The lowest BCUT2D eigenvalue weighted by molar-refractivity contribution is -0.137. The molecule has 0 spiro atoms. The van der Waals surface area contributed by atoms with Gasteiger partial charge in [0.05, 0.1) is 12.2 Å². The van der Waals surface area contributed by atoms with Gasteiger partial charge in [0.2, 0.25) is 11.8 Å². The number of fused-ring (bicyclic) bond motifs is 1. The summed E-state index contributed by atoms with van der Waals surface area (Å²) in [5, 5.41) is 5.31. The molecule has 0 bridgehead atoms. The van der Waals surface area contributed by atoms with Crippen LogP contribution in [0.3, 0.4) is 0 Å². The van der Waals surface area contributed by atoms with Crippen molar-refractivity contribution in [2.45, 2.75) is 45.2 Å². The van der Waals surface area contributed by atoms with Crippen molar-refractivity contribution in [1.29, 1.82) is 0 Å². The second-order valence-electron chi connectivity index (χ2n) is 8.21. The molecule has 1 saturated carbocycles. The van der Waals surface area contributed by atoms with Crippen molar-refractivity contribution < 1.29 is 28.7 Å². The first-order chi connectivity index (χ1) is 15.4. The largest absolute Gasteiger partial charge is 0.381 e. The Kier molecular flexibility index (Phi) is 6.18. The van der Waals surface area contributed by atoms with E-state index in [0.717, 1.165) is 0 Å². The number of amides is 3. The molecule has 3 amide bonds. The number of carbonyl (C=O) groups is 5. The summed E-state index contributed by atoms with van der Waals surface area (Å²) in [5.41, 5.74) is 1.84. The van der Waals surface area contributed by atoms with Crippen LogP contribution in [0, 0.1) is 5.92 Å². The maximum absolute atomic E-state index is 12.9. The van der Waals surface area contributed by atoms with E-state index < -0.39 is 11.9 Å². The zero-order chi connectivity index (χ0) is 22.8. The molecule has 0 aromatic heterocycles. The van der Waals surface area contributed by atoms with Gasteiger partial charge in [-0.3, -0.25) is 29.3 Å². The van der Waals surface area contributed by atoms with Crippen LogP contribution in [0.1, 0.15) is 48.5 Å². The molecular formula is C23H25N3O6. The number of imide groups is 1. The second kappa shape index (κ2) is 9.04. The fourth-order valence-corrected chi connectivity index (χ4v) is 4.41. The minimum atomic E-state index is -0.706. The Bertz CT molecular complexity index is 1010. The summed E-state index contributed by atoms with van der Waals surface area (Å²) < 4.78 is 5.34. The number of allylic oxidation sites excluding steroid dienone is 1. The molecule has 1 aromatic carbocycles. The van der Waals surface area contributed by atoms with E-state index in [-0.39, 0.29) is 67.1 Å². The van der Waals surface area contributed by atoms with Crippen LogP contribution in [0.5, 0.6) is 0 Å². The molecule has 1 aromatic rings. The smallest absolute Gasteiger partial charge is 0.255 e. The molecule has 2 heterocycles. The Balaban J connectivity index is 1.50. The number of nitrogens with zero attached hydrogens (tertiary/aromatic N) is 1. The molecule has 1 saturated heterocycles. The lowest BCUT2D eigenvalue weighted by Crippen LogP contribution is -2.52. The van der Waals surface area contributed by atoms with Crippen LogP contribution in [0.15, 0.2) is 30.0 Å². The van der Waals surface area contributed by atoms with Crippen molar-refractivity contribution in [3.8, 4) is 0 Å². The molecule has 1 aliphatic carbocycles. The zero-order valence-corrected chi connectivity index (χ0v) is 17.8. The van der Waals surface area contributed by atoms with Crippen molar-refractivity contribution in [2.24, 2.45) is 5.92 Å². The SMILES string of the molecule is CCOCC1CC(=O)C(=CNc2cccc3c2CN(C2CCC(=O)NC2=O)C3=O)C(=O)C1. The third kappa shape index (κ3) is 4.20. The van der Waals surface area contributed by atoms with Gasteiger partial charge in [-0.25, -0.2) is 0 Å². The Morgan fingerprint density at radius 1 is 1.16 bits per heavy atom. The molecule has 2 aliphatic heterocycles. The number of carbonyl (C=O) groups excluding carboxylic acids is 5. The van der Waals surface area contributed by atoms with Gasteiger partial charge >= 0.3 is 0 Å². The fourth-order valence-electron chi connectivity index (χ4n) is 4.41. The first-order valence-corrected chi connectivity index (χ1v) is 10.8. The van der Waals surface area contributed by atoms with E-state index in [1.165, 1.54) is 11.1 Å². The molecule has 1 unspecified atom stereocenters. The predicted octanol–water partition coefficient (Wildman–Crippen LogP) is 1.33. The van der Waals surface area contributed by atoms with Crippen molar-refractivity contribution in [1.82, 2.24) is 10.2 Å². The van der Waals surface area contributed by atoms with Gasteiger partial charge < -0.3 is 15.0 Å². The highest BCUT2D eigenvalue weighted by Gasteiger charge is 2.40. The lowest BCUT2D eigenvalue weighted by atomic mass is 9.84. The highest BCUT2D eigenvalue weighted by molar-refractivity contribution is 6.22. The average Bonchev–Trinajstić information content (AvgIpc) is 3.09. The van der Waals surface area contributed by atoms with Gasteiger partial charge in [0.1, 0.15) is 6.04 Å². The summed E-state index contributed by atoms with van der Waals surface area (Å²) in [7, 11) is 0. The summed E-state index contributed by atoms with van der Waals surface area (Å²) in [6.07, 6.45) is 2.39. The average molecular weight is 439 g/mol. The molecule has 4 rings (SSSR count). The summed E-state index contributed by atoms with van der Waals surface area (Å²) in [5.74, 6) is -1.66. The van der Waals surface area contributed by atoms with Gasteiger partial charge in [0, 0.05) is 55.4 Å². The maximum Gasteiger partial charge on any atom is 0.255 e. The molecule has 9 nitrogen and oxygen atoms in total.